The van der Waals surface area contributed by atoms with E-state index in [0.29, 0.717) is 23.0 Å². The number of hydrogen-bond donors (Lipinski definition) is 2. The monoisotopic (exact) mass is 597 g/mol. The molecule has 0 unspecified atom stereocenters. The third-order valence-corrected chi connectivity index (χ3v) is 8.94. The summed E-state index contributed by atoms with van der Waals surface area (Å²) in [6.45, 7) is 6.18. The van der Waals surface area contributed by atoms with Crippen LogP contribution < -0.4 is 15.0 Å². The molecule has 0 spiro atoms. The summed E-state index contributed by atoms with van der Waals surface area (Å²) >= 11 is 0. The number of aliphatic hydroxyl groups excluding tert-OH is 1. The molecule has 1 amide bonds. The van der Waals surface area contributed by atoms with Crippen molar-refractivity contribution in [2.45, 2.75) is 37.8 Å². The van der Waals surface area contributed by atoms with Gasteiger partial charge in [0, 0.05) is 68.3 Å². The van der Waals surface area contributed by atoms with E-state index in [4.69, 9.17) is 9.72 Å². The van der Waals surface area contributed by atoms with Crippen LogP contribution in [0, 0.1) is 0 Å². The Morgan fingerprint density at radius 3 is 2.55 bits per heavy atom. The molecular formula is C34H43N7O3. The second kappa shape index (κ2) is 13.3. The van der Waals surface area contributed by atoms with Gasteiger partial charge in [0.1, 0.15) is 5.75 Å². The van der Waals surface area contributed by atoms with Crippen molar-refractivity contribution in [2.24, 2.45) is 0 Å². The molecule has 10 nitrogen and oxygen atoms in total. The van der Waals surface area contributed by atoms with Crippen molar-refractivity contribution in [3.05, 3.63) is 66.4 Å². The Morgan fingerprint density at radius 1 is 1.02 bits per heavy atom. The molecule has 2 aromatic carbocycles. The summed E-state index contributed by atoms with van der Waals surface area (Å²) in [5, 5.41) is 13.4. The predicted molar refractivity (Wildman–Crippen MR) is 175 cm³/mol. The maximum atomic E-state index is 13.7. The second-order valence-electron chi connectivity index (χ2n) is 12.2. The quantitative estimate of drug-likeness (QED) is 0.291. The largest absolute Gasteiger partial charge is 0.496 e. The number of ether oxygens (including phenoxy) is 1. The summed E-state index contributed by atoms with van der Waals surface area (Å²) in [6, 6.07) is 17.7. The number of rotatable bonds is 9. The van der Waals surface area contributed by atoms with Crippen LogP contribution in [0.1, 0.15) is 42.1 Å². The zero-order valence-corrected chi connectivity index (χ0v) is 25.9. The number of fused-ring (bicyclic) bond motifs is 1. The van der Waals surface area contributed by atoms with Crippen LogP contribution in [0.5, 0.6) is 5.75 Å². The molecule has 2 aliphatic rings. The Labute approximate surface area is 259 Å². The minimum atomic E-state index is -0.274. The van der Waals surface area contributed by atoms with E-state index in [0.717, 1.165) is 81.5 Å². The van der Waals surface area contributed by atoms with Gasteiger partial charge < -0.3 is 24.2 Å². The number of aromatic nitrogens is 3. The van der Waals surface area contributed by atoms with E-state index < -0.39 is 0 Å². The van der Waals surface area contributed by atoms with Crippen molar-refractivity contribution in [3.8, 4) is 17.0 Å². The van der Waals surface area contributed by atoms with Gasteiger partial charge in [-0.2, -0.15) is 0 Å². The van der Waals surface area contributed by atoms with E-state index in [1.54, 1.807) is 25.4 Å². The van der Waals surface area contributed by atoms with Gasteiger partial charge in [0.25, 0.3) is 5.91 Å². The van der Waals surface area contributed by atoms with E-state index in [2.05, 4.69) is 61.9 Å². The van der Waals surface area contributed by atoms with E-state index in [-0.39, 0.29) is 18.1 Å². The van der Waals surface area contributed by atoms with Crippen molar-refractivity contribution in [1.29, 1.82) is 0 Å². The number of carbonyl (C=O) groups excluding carboxylic acids is 1. The molecule has 44 heavy (non-hydrogen) atoms. The van der Waals surface area contributed by atoms with Gasteiger partial charge in [0.15, 0.2) is 0 Å². The SMILES string of the molecule is COc1ccccc1-c1cc(C(=O)Nc2nc3ccc(N4CCN(CCN(C)C)CC4)cc3n2[C@H]2CC[C@@H](O)CC2)ccn1. The van der Waals surface area contributed by atoms with Crippen LogP contribution in [0.15, 0.2) is 60.8 Å². The zero-order chi connectivity index (χ0) is 30.6. The maximum absolute atomic E-state index is 13.7. The van der Waals surface area contributed by atoms with Crippen LogP contribution in [0.3, 0.4) is 0 Å². The number of pyridine rings is 1. The maximum Gasteiger partial charge on any atom is 0.258 e. The number of anilines is 2. The molecule has 1 aliphatic heterocycles. The molecule has 3 heterocycles. The minimum Gasteiger partial charge on any atom is -0.496 e. The normalized spacial score (nSPS) is 19.4. The van der Waals surface area contributed by atoms with E-state index in [1.807, 2.05) is 24.3 Å². The van der Waals surface area contributed by atoms with Crippen LogP contribution in [-0.2, 0) is 0 Å². The fourth-order valence-electron chi connectivity index (χ4n) is 6.37. The molecule has 1 aliphatic carbocycles. The fraction of sp³-hybridized carbons (Fsp3) is 0.441. The van der Waals surface area contributed by atoms with Gasteiger partial charge in [-0.15, -0.1) is 0 Å². The number of hydrogen-bond acceptors (Lipinski definition) is 8. The lowest BCUT2D eigenvalue weighted by atomic mass is 9.93. The summed E-state index contributed by atoms with van der Waals surface area (Å²) in [6.07, 6.45) is 4.50. The topological polar surface area (TPSA) is 99.0 Å². The molecule has 2 aromatic heterocycles. The van der Waals surface area contributed by atoms with Crippen molar-refractivity contribution >= 4 is 28.6 Å². The van der Waals surface area contributed by atoms with Crippen LogP contribution in [-0.4, -0.2) is 102 Å². The number of imidazole rings is 1. The molecule has 2 N–H and O–H groups in total. The standard InChI is InChI=1S/C34H43N7O3/c1-38(2)16-17-39-18-20-40(21-19-39)26-10-13-29-31(23-26)41(25-8-11-27(42)12-9-25)34(36-29)37-33(43)24-14-15-35-30(22-24)28-6-4-5-7-32(28)44-3/h4-7,10,13-15,22-23,25,27,42H,8-9,11-12,16-21H2,1-3H3,(H,36,37,43)/t25-,27+. The summed E-state index contributed by atoms with van der Waals surface area (Å²) < 4.78 is 7.71. The molecule has 232 valence electrons. The number of para-hydroxylation sites is 1. The van der Waals surface area contributed by atoms with Crippen molar-refractivity contribution < 1.29 is 14.6 Å². The number of nitrogens with one attached hydrogen (secondary N) is 1. The average Bonchev–Trinajstić information content (AvgIpc) is 3.41. The summed E-state index contributed by atoms with van der Waals surface area (Å²) in [5.74, 6) is 0.988. The average molecular weight is 598 g/mol. The minimum absolute atomic E-state index is 0.137. The Hall–Kier alpha value is -3.99. The van der Waals surface area contributed by atoms with Gasteiger partial charge in [-0.1, -0.05) is 12.1 Å². The Bertz CT molecular complexity index is 1590. The van der Waals surface area contributed by atoms with E-state index in [1.165, 1.54) is 5.69 Å². The van der Waals surface area contributed by atoms with Gasteiger partial charge in [0.05, 0.1) is 29.9 Å². The van der Waals surface area contributed by atoms with Gasteiger partial charge in [-0.05, 0) is 82.2 Å². The molecule has 1 saturated carbocycles. The Balaban J connectivity index is 1.27. The third-order valence-electron chi connectivity index (χ3n) is 8.94. The van der Waals surface area contributed by atoms with E-state index in [9.17, 15) is 9.90 Å². The first-order chi connectivity index (χ1) is 21.4. The van der Waals surface area contributed by atoms with Crippen LogP contribution in [0.25, 0.3) is 22.3 Å². The highest BCUT2D eigenvalue weighted by Gasteiger charge is 2.27. The number of benzene rings is 2. The van der Waals surface area contributed by atoms with Crippen molar-refractivity contribution in [1.82, 2.24) is 24.3 Å². The molecule has 0 atom stereocenters. The zero-order valence-electron chi connectivity index (χ0n) is 25.9. The van der Waals surface area contributed by atoms with Crippen LogP contribution >= 0.6 is 0 Å². The number of amides is 1. The van der Waals surface area contributed by atoms with Crippen molar-refractivity contribution in [2.75, 3.05) is 70.7 Å². The molecule has 1 saturated heterocycles. The summed E-state index contributed by atoms with van der Waals surface area (Å²) in [7, 11) is 5.87. The first-order valence-electron chi connectivity index (χ1n) is 15.6. The first kappa shape index (κ1) is 30.1. The number of nitrogens with zero attached hydrogens (tertiary/aromatic N) is 6. The number of likely N-dealkylation sites (N-methyl/N-ethyl adjacent to an activating group) is 1. The van der Waals surface area contributed by atoms with Gasteiger partial charge >= 0.3 is 0 Å². The molecule has 4 aromatic rings. The molecule has 2 fully saturated rings. The number of piperazine rings is 1. The third kappa shape index (κ3) is 6.57. The number of carbonyl (C=O) groups is 1. The molecule has 0 bridgehead atoms. The highest BCUT2D eigenvalue weighted by molar-refractivity contribution is 6.04. The van der Waals surface area contributed by atoms with Gasteiger partial charge in [0.2, 0.25) is 5.95 Å². The van der Waals surface area contributed by atoms with Crippen LogP contribution in [0.4, 0.5) is 11.6 Å². The molecule has 0 radical (unpaired) electrons. The highest BCUT2D eigenvalue weighted by Crippen LogP contribution is 2.36. The fourth-order valence-corrected chi connectivity index (χ4v) is 6.37. The number of methoxy groups -OCH3 is 1. The second-order valence-corrected chi connectivity index (χ2v) is 12.2. The lowest BCUT2D eigenvalue weighted by molar-refractivity contribution is 0.102. The lowest BCUT2D eigenvalue weighted by Gasteiger charge is -2.36. The van der Waals surface area contributed by atoms with Crippen LogP contribution in [0.2, 0.25) is 0 Å². The van der Waals surface area contributed by atoms with Gasteiger partial charge in [-0.3, -0.25) is 20.0 Å². The molecule has 6 rings (SSSR count). The molecule has 10 heteroatoms. The molecular weight excluding hydrogens is 554 g/mol. The van der Waals surface area contributed by atoms with E-state index >= 15 is 0 Å². The number of aliphatic hydroxyl groups is 1. The van der Waals surface area contributed by atoms with Crippen molar-refractivity contribution in [3.63, 3.8) is 0 Å². The summed E-state index contributed by atoms with van der Waals surface area (Å²) in [4.78, 5) is 30.3. The lowest BCUT2D eigenvalue weighted by Crippen LogP contribution is -2.48. The smallest absolute Gasteiger partial charge is 0.258 e. The van der Waals surface area contributed by atoms with Gasteiger partial charge in [-0.25, -0.2) is 4.98 Å². The Kier molecular flexibility index (Phi) is 9.11. The highest BCUT2D eigenvalue weighted by atomic mass is 16.5. The Morgan fingerprint density at radius 2 is 1.80 bits per heavy atom. The predicted octanol–water partition coefficient (Wildman–Crippen LogP) is 4.52. The first-order valence-corrected chi connectivity index (χ1v) is 15.6. The summed E-state index contributed by atoms with van der Waals surface area (Å²) in [5.41, 5.74) is 5.02.